The number of carbonyl (C=O) groups is 2. The predicted octanol–water partition coefficient (Wildman–Crippen LogP) is 0.585. The maximum Gasteiger partial charge on any atom is 0.247 e. The number of hydrogen-bond acceptors (Lipinski definition) is 3. The maximum atomic E-state index is 12.2. The van der Waals surface area contributed by atoms with Crippen LogP contribution in [-0.4, -0.2) is 53.8 Å². The van der Waals surface area contributed by atoms with Gasteiger partial charge in [-0.3, -0.25) is 9.59 Å². The molecule has 0 bridgehead atoms. The van der Waals surface area contributed by atoms with Crippen LogP contribution in [-0.2, 0) is 9.59 Å². The second-order valence-electron chi connectivity index (χ2n) is 5.43. The Hall–Kier alpha value is -1.10. The number of rotatable bonds is 5. The van der Waals surface area contributed by atoms with Gasteiger partial charge in [0.15, 0.2) is 0 Å². The van der Waals surface area contributed by atoms with Crippen molar-refractivity contribution >= 4 is 11.8 Å². The minimum atomic E-state index is -0.710. The third kappa shape index (κ3) is 3.22. The first-order valence-corrected chi connectivity index (χ1v) is 6.67. The van der Waals surface area contributed by atoms with Crippen LogP contribution < -0.4 is 5.73 Å². The first kappa shape index (κ1) is 15.0. The maximum absolute atomic E-state index is 12.2. The molecule has 0 aromatic carbocycles. The predicted molar refractivity (Wildman–Crippen MR) is 71.0 cm³/mol. The molecule has 0 aliphatic carbocycles. The van der Waals surface area contributed by atoms with Crippen LogP contribution in [0.25, 0.3) is 0 Å². The van der Waals surface area contributed by atoms with E-state index in [2.05, 4.69) is 0 Å². The molecule has 0 radical (unpaired) electrons. The van der Waals surface area contributed by atoms with Crippen molar-refractivity contribution in [2.45, 2.75) is 45.1 Å². The van der Waals surface area contributed by atoms with Gasteiger partial charge in [-0.25, -0.2) is 0 Å². The number of piperazine rings is 1. The van der Waals surface area contributed by atoms with Crippen LogP contribution in [0.5, 0.6) is 0 Å². The molecule has 0 saturated carbocycles. The molecule has 2 amide bonds. The van der Waals surface area contributed by atoms with Crippen molar-refractivity contribution in [2.75, 3.05) is 26.7 Å². The SMILES string of the molecule is CN1CCN(C(=O)CCCCCN)C(C)(C)C1=O. The lowest BCUT2D eigenvalue weighted by Crippen LogP contribution is -2.63. The average molecular weight is 255 g/mol. The normalized spacial score (nSPS) is 19.2. The smallest absolute Gasteiger partial charge is 0.247 e. The molecule has 0 spiro atoms. The summed E-state index contributed by atoms with van der Waals surface area (Å²) < 4.78 is 0. The molecule has 0 aromatic heterocycles. The molecule has 1 saturated heterocycles. The van der Waals surface area contributed by atoms with Gasteiger partial charge >= 0.3 is 0 Å². The van der Waals surface area contributed by atoms with Crippen molar-refractivity contribution in [3.8, 4) is 0 Å². The Morgan fingerprint density at radius 3 is 2.56 bits per heavy atom. The van der Waals surface area contributed by atoms with Crippen LogP contribution in [0.3, 0.4) is 0 Å². The standard InChI is InChI=1S/C13H25N3O2/c1-13(2)12(18)15(3)9-10-16(13)11(17)7-5-4-6-8-14/h4-10,14H2,1-3H3. The van der Waals surface area contributed by atoms with Crippen LogP contribution in [0, 0.1) is 0 Å². The molecule has 18 heavy (non-hydrogen) atoms. The van der Waals surface area contributed by atoms with Gasteiger partial charge < -0.3 is 15.5 Å². The topological polar surface area (TPSA) is 66.6 Å². The molecule has 5 heteroatoms. The van der Waals surface area contributed by atoms with Crippen molar-refractivity contribution in [3.63, 3.8) is 0 Å². The summed E-state index contributed by atoms with van der Waals surface area (Å²) in [5, 5.41) is 0. The quantitative estimate of drug-likeness (QED) is 0.731. The molecule has 0 unspecified atom stereocenters. The average Bonchev–Trinajstić information content (AvgIpc) is 2.31. The highest BCUT2D eigenvalue weighted by molar-refractivity contribution is 5.91. The van der Waals surface area contributed by atoms with Gasteiger partial charge in [0.25, 0.3) is 0 Å². The van der Waals surface area contributed by atoms with E-state index in [-0.39, 0.29) is 11.8 Å². The van der Waals surface area contributed by atoms with Crippen LogP contribution >= 0.6 is 0 Å². The number of amides is 2. The summed E-state index contributed by atoms with van der Waals surface area (Å²) >= 11 is 0. The monoisotopic (exact) mass is 255 g/mol. The fraction of sp³-hybridized carbons (Fsp3) is 0.846. The highest BCUT2D eigenvalue weighted by Crippen LogP contribution is 2.23. The molecule has 0 aromatic rings. The van der Waals surface area contributed by atoms with E-state index in [1.54, 1.807) is 16.8 Å². The summed E-state index contributed by atoms with van der Waals surface area (Å²) in [6, 6.07) is 0. The molecule has 5 nitrogen and oxygen atoms in total. The lowest BCUT2D eigenvalue weighted by atomic mass is 9.97. The van der Waals surface area contributed by atoms with Crippen molar-refractivity contribution in [3.05, 3.63) is 0 Å². The molecule has 2 N–H and O–H groups in total. The second-order valence-corrected chi connectivity index (χ2v) is 5.43. The number of nitrogens with zero attached hydrogens (tertiary/aromatic N) is 2. The van der Waals surface area contributed by atoms with Crippen molar-refractivity contribution in [1.29, 1.82) is 0 Å². The Balaban J connectivity index is 2.54. The minimum absolute atomic E-state index is 0.0176. The van der Waals surface area contributed by atoms with E-state index in [1.165, 1.54) is 0 Å². The van der Waals surface area contributed by atoms with Gasteiger partial charge in [0.2, 0.25) is 11.8 Å². The Bertz CT molecular complexity index is 315. The van der Waals surface area contributed by atoms with Gasteiger partial charge in [-0.05, 0) is 33.2 Å². The summed E-state index contributed by atoms with van der Waals surface area (Å²) in [6.07, 6.45) is 3.30. The molecular formula is C13H25N3O2. The number of carbonyl (C=O) groups excluding carboxylic acids is 2. The van der Waals surface area contributed by atoms with Gasteiger partial charge in [-0.2, -0.15) is 0 Å². The third-order valence-electron chi connectivity index (χ3n) is 3.60. The Morgan fingerprint density at radius 1 is 1.28 bits per heavy atom. The van der Waals surface area contributed by atoms with Gasteiger partial charge in [0.1, 0.15) is 5.54 Å². The molecule has 1 fully saturated rings. The molecule has 1 aliphatic rings. The van der Waals surface area contributed by atoms with Gasteiger partial charge in [-0.1, -0.05) is 6.42 Å². The van der Waals surface area contributed by atoms with Crippen LogP contribution in [0.2, 0.25) is 0 Å². The second kappa shape index (κ2) is 6.18. The van der Waals surface area contributed by atoms with Crippen molar-refractivity contribution < 1.29 is 9.59 Å². The number of hydrogen-bond donors (Lipinski definition) is 1. The van der Waals surface area contributed by atoms with E-state index in [0.717, 1.165) is 19.3 Å². The summed E-state index contributed by atoms with van der Waals surface area (Å²) in [4.78, 5) is 27.6. The third-order valence-corrected chi connectivity index (χ3v) is 3.60. The summed E-state index contributed by atoms with van der Waals surface area (Å²) in [5.74, 6) is 0.0996. The van der Waals surface area contributed by atoms with E-state index < -0.39 is 5.54 Å². The molecular weight excluding hydrogens is 230 g/mol. The van der Waals surface area contributed by atoms with Crippen molar-refractivity contribution in [2.24, 2.45) is 5.73 Å². The van der Waals surface area contributed by atoms with Gasteiger partial charge in [-0.15, -0.1) is 0 Å². The van der Waals surface area contributed by atoms with Gasteiger partial charge in [0.05, 0.1) is 0 Å². The Labute approximate surface area is 109 Å². The van der Waals surface area contributed by atoms with Gasteiger partial charge in [0, 0.05) is 26.6 Å². The van der Waals surface area contributed by atoms with E-state index in [9.17, 15) is 9.59 Å². The highest BCUT2D eigenvalue weighted by Gasteiger charge is 2.42. The first-order chi connectivity index (χ1) is 8.41. The van der Waals surface area contributed by atoms with E-state index in [1.807, 2.05) is 13.8 Å². The van der Waals surface area contributed by atoms with E-state index in [4.69, 9.17) is 5.73 Å². The van der Waals surface area contributed by atoms with E-state index in [0.29, 0.717) is 26.1 Å². The summed E-state index contributed by atoms with van der Waals surface area (Å²) in [7, 11) is 1.78. The lowest BCUT2D eigenvalue weighted by molar-refractivity contribution is -0.157. The number of likely N-dealkylation sites (N-methyl/N-ethyl adjacent to an activating group) is 1. The molecule has 0 atom stereocenters. The minimum Gasteiger partial charge on any atom is -0.342 e. The zero-order chi connectivity index (χ0) is 13.8. The zero-order valence-electron chi connectivity index (χ0n) is 11.7. The molecule has 1 heterocycles. The summed E-state index contributed by atoms with van der Waals surface area (Å²) in [6.45, 7) is 5.57. The first-order valence-electron chi connectivity index (χ1n) is 6.67. The lowest BCUT2D eigenvalue weighted by Gasteiger charge is -2.44. The molecule has 1 rings (SSSR count). The number of unbranched alkanes of at least 4 members (excludes halogenated alkanes) is 2. The highest BCUT2D eigenvalue weighted by atomic mass is 16.2. The summed E-state index contributed by atoms with van der Waals surface area (Å²) in [5.41, 5.74) is 4.71. The van der Waals surface area contributed by atoms with E-state index >= 15 is 0 Å². The Kier molecular flexibility index (Phi) is 5.14. The largest absolute Gasteiger partial charge is 0.342 e. The Morgan fingerprint density at radius 2 is 1.94 bits per heavy atom. The van der Waals surface area contributed by atoms with Crippen molar-refractivity contribution in [1.82, 2.24) is 9.80 Å². The van der Waals surface area contributed by atoms with Crippen LogP contribution in [0.4, 0.5) is 0 Å². The fourth-order valence-electron chi connectivity index (χ4n) is 2.38. The van der Waals surface area contributed by atoms with Crippen LogP contribution in [0.1, 0.15) is 39.5 Å². The van der Waals surface area contributed by atoms with Crippen LogP contribution in [0.15, 0.2) is 0 Å². The fourth-order valence-corrected chi connectivity index (χ4v) is 2.38. The molecule has 1 aliphatic heterocycles. The molecule has 104 valence electrons. The zero-order valence-corrected chi connectivity index (χ0v) is 11.7. The number of nitrogens with two attached hydrogens (primary N) is 1.